The molecule has 0 aromatic heterocycles. The van der Waals surface area contributed by atoms with Crippen LogP contribution >= 0.6 is 0 Å². The molecular formula is C32H54O5. The Morgan fingerprint density at radius 1 is 0.946 bits per heavy atom. The van der Waals surface area contributed by atoms with Gasteiger partial charge in [-0.3, -0.25) is 0 Å². The first-order valence-corrected chi connectivity index (χ1v) is 15.6. The Bertz CT molecular complexity index is 826. The van der Waals surface area contributed by atoms with E-state index in [9.17, 15) is 15.3 Å². The highest BCUT2D eigenvalue weighted by Gasteiger charge is 2.58. The number of ether oxygens (including phenoxy) is 2. The number of aliphatic hydroxyl groups excluding tert-OH is 3. The van der Waals surface area contributed by atoms with Crippen LogP contribution in [0.25, 0.3) is 0 Å². The van der Waals surface area contributed by atoms with E-state index in [-0.39, 0.29) is 12.7 Å². The molecule has 0 spiro atoms. The summed E-state index contributed by atoms with van der Waals surface area (Å²) in [7, 11) is 0. The molecule has 5 heteroatoms. The first-order chi connectivity index (χ1) is 17.5. The highest BCUT2D eigenvalue weighted by molar-refractivity contribution is 5.27. The molecule has 212 valence electrons. The summed E-state index contributed by atoms with van der Waals surface area (Å²) in [6, 6.07) is 0. The number of hydrogen-bond donors (Lipinski definition) is 3. The minimum absolute atomic E-state index is 0.00240. The van der Waals surface area contributed by atoms with Gasteiger partial charge in [-0.15, -0.1) is 0 Å². The van der Waals surface area contributed by atoms with Gasteiger partial charge in [-0.2, -0.15) is 0 Å². The van der Waals surface area contributed by atoms with Crippen molar-refractivity contribution in [3.05, 3.63) is 11.6 Å². The highest BCUT2D eigenvalue weighted by Crippen LogP contribution is 2.67. The fourth-order valence-electron chi connectivity index (χ4n) is 9.71. The number of hydrogen-bond acceptors (Lipinski definition) is 5. The molecule has 4 fully saturated rings. The van der Waals surface area contributed by atoms with Gasteiger partial charge in [-0.1, -0.05) is 65.5 Å². The number of allylic oxidation sites excluding steroid dienone is 2. The lowest BCUT2D eigenvalue weighted by Gasteiger charge is -2.58. The average Bonchev–Trinajstić information content (AvgIpc) is 3.21. The van der Waals surface area contributed by atoms with Gasteiger partial charge in [-0.05, 0) is 97.7 Å². The molecule has 1 heterocycles. The summed E-state index contributed by atoms with van der Waals surface area (Å²) in [6.45, 7) is 12.5. The molecule has 12 unspecified atom stereocenters. The summed E-state index contributed by atoms with van der Waals surface area (Å²) in [5, 5.41) is 30.2. The van der Waals surface area contributed by atoms with Gasteiger partial charge < -0.3 is 24.8 Å². The third-order valence-corrected chi connectivity index (χ3v) is 12.0. The molecule has 37 heavy (non-hydrogen) atoms. The summed E-state index contributed by atoms with van der Waals surface area (Å²) in [6.07, 6.45) is 12.3. The maximum Gasteiger partial charge on any atom is 0.186 e. The van der Waals surface area contributed by atoms with Crippen molar-refractivity contribution in [1.29, 1.82) is 0 Å². The molecule has 1 aliphatic heterocycles. The van der Waals surface area contributed by atoms with E-state index < -0.39 is 24.6 Å². The summed E-state index contributed by atoms with van der Waals surface area (Å²) in [5.74, 6) is 4.59. The topological polar surface area (TPSA) is 79.2 Å². The van der Waals surface area contributed by atoms with Gasteiger partial charge in [0.2, 0.25) is 0 Å². The van der Waals surface area contributed by atoms with Crippen LogP contribution in [0, 0.1) is 46.3 Å². The molecule has 3 N–H and O–H groups in total. The largest absolute Gasteiger partial charge is 0.388 e. The Balaban J connectivity index is 1.24. The second-order valence-electron chi connectivity index (χ2n) is 14.6. The second kappa shape index (κ2) is 10.8. The van der Waals surface area contributed by atoms with Crippen LogP contribution in [0.2, 0.25) is 0 Å². The molecule has 1 saturated heterocycles. The maximum atomic E-state index is 10.4. The molecule has 3 saturated carbocycles. The fourth-order valence-corrected chi connectivity index (χ4v) is 9.71. The molecule has 0 aromatic carbocycles. The van der Waals surface area contributed by atoms with Crippen molar-refractivity contribution < 1.29 is 24.8 Å². The Hall–Kier alpha value is -0.460. The van der Waals surface area contributed by atoms with Crippen LogP contribution in [-0.2, 0) is 9.47 Å². The standard InChI is InChI=1S/C32H54O5/c1-19(2)7-6-8-20(3)24-11-12-25-23-10-9-21-17-22(37-30-29(35)28(34)27(33)18-36-30)13-15-31(21,4)26(23)14-16-32(24,25)5/h10,19-22,24-30,33-35H,6-9,11-18H2,1-5H3. The predicted molar refractivity (Wildman–Crippen MR) is 146 cm³/mol. The number of aliphatic hydroxyl groups is 3. The minimum Gasteiger partial charge on any atom is -0.388 e. The lowest BCUT2D eigenvalue weighted by molar-refractivity contribution is -0.288. The van der Waals surface area contributed by atoms with Gasteiger partial charge in [0.15, 0.2) is 6.29 Å². The lowest BCUT2D eigenvalue weighted by Crippen LogP contribution is -2.55. The van der Waals surface area contributed by atoms with Crippen molar-refractivity contribution in [2.24, 2.45) is 46.3 Å². The van der Waals surface area contributed by atoms with Gasteiger partial charge in [0.05, 0.1) is 12.7 Å². The maximum absolute atomic E-state index is 10.4. The molecule has 5 rings (SSSR count). The minimum atomic E-state index is -1.21. The van der Waals surface area contributed by atoms with Crippen LogP contribution in [0.15, 0.2) is 11.6 Å². The van der Waals surface area contributed by atoms with Crippen molar-refractivity contribution in [2.75, 3.05) is 6.61 Å². The van der Waals surface area contributed by atoms with Crippen LogP contribution in [0.4, 0.5) is 0 Å². The van der Waals surface area contributed by atoms with Gasteiger partial charge in [-0.25, -0.2) is 0 Å². The average molecular weight is 519 g/mol. The Morgan fingerprint density at radius 3 is 2.43 bits per heavy atom. The molecular weight excluding hydrogens is 464 g/mol. The van der Waals surface area contributed by atoms with Crippen molar-refractivity contribution in [3.8, 4) is 0 Å². The molecule has 5 aliphatic rings. The van der Waals surface area contributed by atoms with Crippen molar-refractivity contribution in [1.82, 2.24) is 0 Å². The molecule has 4 aliphatic carbocycles. The number of rotatable bonds is 7. The molecule has 0 radical (unpaired) electrons. The van der Waals surface area contributed by atoms with Crippen LogP contribution in [-0.4, -0.2) is 52.6 Å². The van der Waals surface area contributed by atoms with Gasteiger partial charge in [0, 0.05) is 0 Å². The molecule has 0 bridgehead atoms. The molecule has 5 nitrogen and oxygen atoms in total. The monoisotopic (exact) mass is 518 g/mol. The zero-order valence-corrected chi connectivity index (χ0v) is 24.1. The van der Waals surface area contributed by atoms with E-state index in [1.54, 1.807) is 0 Å². The Kier molecular flexibility index (Phi) is 8.23. The zero-order chi connectivity index (χ0) is 26.5. The van der Waals surface area contributed by atoms with E-state index in [1.807, 2.05) is 5.57 Å². The lowest BCUT2D eigenvalue weighted by atomic mass is 9.47. The van der Waals surface area contributed by atoms with E-state index in [1.165, 1.54) is 44.9 Å². The molecule has 0 amide bonds. The normalized spacial score (nSPS) is 48.7. The summed E-state index contributed by atoms with van der Waals surface area (Å²) in [4.78, 5) is 0. The molecule has 0 aromatic rings. The van der Waals surface area contributed by atoms with Crippen LogP contribution in [0.3, 0.4) is 0 Å². The summed E-state index contributed by atoms with van der Waals surface area (Å²) in [5.41, 5.74) is 2.61. The van der Waals surface area contributed by atoms with Crippen LogP contribution < -0.4 is 0 Å². The summed E-state index contributed by atoms with van der Waals surface area (Å²) >= 11 is 0. The SMILES string of the molecule is CC(C)CCCC(C)C1CCC2C3=CCC4CC(OC5OCC(O)C(O)C5O)CCC4(C)C3CCC21C. The van der Waals surface area contributed by atoms with E-state index in [2.05, 4.69) is 40.7 Å². The quantitative estimate of drug-likeness (QED) is 0.368. The summed E-state index contributed by atoms with van der Waals surface area (Å²) < 4.78 is 11.8. The predicted octanol–water partition coefficient (Wildman–Crippen LogP) is 5.85. The number of fused-ring (bicyclic) bond motifs is 5. The Labute approximate surface area is 225 Å². The van der Waals surface area contributed by atoms with Crippen molar-refractivity contribution in [3.63, 3.8) is 0 Å². The second-order valence-corrected chi connectivity index (χ2v) is 14.6. The van der Waals surface area contributed by atoms with E-state index in [0.29, 0.717) is 22.7 Å². The smallest absolute Gasteiger partial charge is 0.186 e. The highest BCUT2D eigenvalue weighted by atomic mass is 16.7. The zero-order valence-electron chi connectivity index (χ0n) is 24.1. The van der Waals surface area contributed by atoms with Crippen LogP contribution in [0.1, 0.15) is 105 Å². The third kappa shape index (κ3) is 5.10. The first kappa shape index (κ1) is 28.1. The molecule has 12 atom stereocenters. The van der Waals surface area contributed by atoms with Gasteiger partial charge in [0.25, 0.3) is 0 Å². The van der Waals surface area contributed by atoms with E-state index >= 15 is 0 Å². The van der Waals surface area contributed by atoms with Gasteiger partial charge >= 0.3 is 0 Å². The fraction of sp³-hybridized carbons (Fsp3) is 0.938. The van der Waals surface area contributed by atoms with Gasteiger partial charge in [0.1, 0.15) is 18.3 Å². The first-order valence-electron chi connectivity index (χ1n) is 15.6. The van der Waals surface area contributed by atoms with Crippen molar-refractivity contribution in [2.45, 2.75) is 136 Å². The van der Waals surface area contributed by atoms with E-state index in [0.717, 1.165) is 49.4 Å². The third-order valence-electron chi connectivity index (χ3n) is 12.0. The van der Waals surface area contributed by atoms with Crippen LogP contribution in [0.5, 0.6) is 0 Å². The van der Waals surface area contributed by atoms with Crippen molar-refractivity contribution >= 4 is 0 Å². The Morgan fingerprint density at radius 2 is 1.68 bits per heavy atom. The van der Waals surface area contributed by atoms with E-state index in [4.69, 9.17) is 9.47 Å².